The van der Waals surface area contributed by atoms with Crippen molar-refractivity contribution in [2.24, 2.45) is 5.92 Å². The van der Waals surface area contributed by atoms with Crippen LogP contribution < -0.4 is 5.32 Å². The standard InChI is InChI=1S/C15H23N3OS2/c1-16-13-14-12(17-10-21-14)5-6-18(15(13)19)8-11-4-2-3-7-20-9-11/h10-11,13,16H,2-9H2,1H3. The SMILES string of the molecule is CNC1C(=O)N(CC2CCCCSC2)CCc2ncsc21. The largest absolute Gasteiger partial charge is 0.340 e. The molecule has 0 saturated carbocycles. The number of aromatic nitrogens is 1. The summed E-state index contributed by atoms with van der Waals surface area (Å²) in [6, 6.07) is -0.201. The first-order valence-electron chi connectivity index (χ1n) is 7.75. The van der Waals surface area contributed by atoms with Gasteiger partial charge in [-0.2, -0.15) is 11.8 Å². The number of nitrogens with one attached hydrogen (secondary N) is 1. The fourth-order valence-electron chi connectivity index (χ4n) is 3.21. The Morgan fingerprint density at radius 3 is 3.24 bits per heavy atom. The van der Waals surface area contributed by atoms with Crippen molar-refractivity contribution in [1.82, 2.24) is 15.2 Å². The molecule has 6 heteroatoms. The normalized spacial score (nSPS) is 27.1. The van der Waals surface area contributed by atoms with Gasteiger partial charge in [-0.1, -0.05) is 6.42 Å². The zero-order chi connectivity index (χ0) is 14.7. The number of hydrogen-bond acceptors (Lipinski definition) is 5. The molecule has 3 rings (SSSR count). The number of fused-ring (bicyclic) bond motifs is 1. The number of nitrogens with zero attached hydrogens (tertiary/aromatic N) is 2. The van der Waals surface area contributed by atoms with E-state index in [2.05, 4.69) is 27.0 Å². The second-order valence-electron chi connectivity index (χ2n) is 5.86. The molecular weight excluding hydrogens is 302 g/mol. The second-order valence-corrected chi connectivity index (χ2v) is 7.89. The molecule has 1 aromatic rings. The summed E-state index contributed by atoms with van der Waals surface area (Å²) < 4.78 is 0. The Morgan fingerprint density at radius 1 is 1.48 bits per heavy atom. The van der Waals surface area contributed by atoms with E-state index in [1.54, 1.807) is 11.3 Å². The fourth-order valence-corrected chi connectivity index (χ4v) is 5.33. The Hall–Kier alpha value is -0.590. The maximum Gasteiger partial charge on any atom is 0.245 e. The summed E-state index contributed by atoms with van der Waals surface area (Å²) in [5.74, 6) is 3.37. The van der Waals surface area contributed by atoms with Crippen LogP contribution in [-0.4, -0.2) is 47.4 Å². The monoisotopic (exact) mass is 325 g/mol. The Morgan fingerprint density at radius 2 is 2.38 bits per heavy atom. The van der Waals surface area contributed by atoms with Gasteiger partial charge in [-0.05, 0) is 37.3 Å². The Labute approximate surface area is 134 Å². The van der Waals surface area contributed by atoms with Gasteiger partial charge >= 0.3 is 0 Å². The zero-order valence-electron chi connectivity index (χ0n) is 12.5. The van der Waals surface area contributed by atoms with Gasteiger partial charge in [-0.25, -0.2) is 4.98 Å². The predicted octanol–water partition coefficient (Wildman–Crippen LogP) is 2.32. The third-order valence-electron chi connectivity index (χ3n) is 4.38. The summed E-state index contributed by atoms with van der Waals surface area (Å²) in [4.78, 5) is 20.5. The Bertz CT molecular complexity index is 483. The lowest BCUT2D eigenvalue weighted by Gasteiger charge is -2.28. The van der Waals surface area contributed by atoms with Gasteiger partial charge in [0.05, 0.1) is 16.1 Å². The predicted molar refractivity (Wildman–Crippen MR) is 88.9 cm³/mol. The molecule has 1 saturated heterocycles. The van der Waals surface area contributed by atoms with E-state index >= 15 is 0 Å². The molecule has 0 bridgehead atoms. The average molecular weight is 326 g/mol. The van der Waals surface area contributed by atoms with Crippen LogP contribution in [0, 0.1) is 5.92 Å². The molecule has 2 unspecified atom stereocenters. The first-order valence-corrected chi connectivity index (χ1v) is 9.79. The van der Waals surface area contributed by atoms with E-state index < -0.39 is 0 Å². The molecule has 0 aromatic carbocycles. The minimum atomic E-state index is -0.201. The van der Waals surface area contributed by atoms with E-state index in [0.29, 0.717) is 5.92 Å². The third kappa shape index (κ3) is 3.43. The molecule has 4 nitrogen and oxygen atoms in total. The molecule has 2 atom stereocenters. The maximum absolute atomic E-state index is 12.8. The van der Waals surface area contributed by atoms with Gasteiger partial charge in [-0.3, -0.25) is 4.79 Å². The highest BCUT2D eigenvalue weighted by Crippen LogP contribution is 2.29. The zero-order valence-corrected chi connectivity index (χ0v) is 14.1. The molecule has 0 spiro atoms. The van der Waals surface area contributed by atoms with Gasteiger partial charge in [0.2, 0.25) is 5.91 Å². The van der Waals surface area contributed by atoms with Gasteiger partial charge in [0.25, 0.3) is 0 Å². The molecule has 116 valence electrons. The number of likely N-dealkylation sites (N-methyl/N-ethyl adjacent to an activating group) is 1. The molecular formula is C15H23N3OS2. The Balaban J connectivity index is 1.71. The van der Waals surface area contributed by atoms with E-state index in [1.807, 2.05) is 12.6 Å². The van der Waals surface area contributed by atoms with E-state index in [9.17, 15) is 4.79 Å². The van der Waals surface area contributed by atoms with Crippen molar-refractivity contribution in [2.75, 3.05) is 31.6 Å². The van der Waals surface area contributed by atoms with Crippen molar-refractivity contribution < 1.29 is 4.79 Å². The summed E-state index contributed by atoms with van der Waals surface area (Å²) >= 11 is 3.65. The van der Waals surface area contributed by atoms with E-state index in [4.69, 9.17) is 0 Å². The molecule has 1 aromatic heterocycles. The van der Waals surface area contributed by atoms with Crippen LogP contribution in [0.5, 0.6) is 0 Å². The lowest BCUT2D eigenvalue weighted by Crippen LogP contribution is -2.41. The highest BCUT2D eigenvalue weighted by molar-refractivity contribution is 7.99. The minimum absolute atomic E-state index is 0.201. The quantitative estimate of drug-likeness (QED) is 0.926. The van der Waals surface area contributed by atoms with Crippen LogP contribution >= 0.6 is 23.1 Å². The van der Waals surface area contributed by atoms with Crippen molar-refractivity contribution in [1.29, 1.82) is 0 Å². The smallest absolute Gasteiger partial charge is 0.245 e. The molecule has 1 amide bonds. The summed E-state index contributed by atoms with van der Waals surface area (Å²) in [5.41, 5.74) is 2.96. The highest BCUT2D eigenvalue weighted by Gasteiger charge is 2.32. The molecule has 0 aliphatic carbocycles. The number of thiazole rings is 1. The number of thioether (sulfide) groups is 1. The second kappa shape index (κ2) is 7.11. The molecule has 0 radical (unpaired) electrons. The van der Waals surface area contributed by atoms with Crippen molar-refractivity contribution in [2.45, 2.75) is 31.7 Å². The lowest BCUT2D eigenvalue weighted by molar-refractivity contribution is -0.133. The first kappa shape index (κ1) is 15.3. The van der Waals surface area contributed by atoms with Crippen molar-refractivity contribution in [3.63, 3.8) is 0 Å². The average Bonchev–Trinajstić information content (AvgIpc) is 2.73. The van der Waals surface area contributed by atoms with Gasteiger partial charge < -0.3 is 10.2 Å². The van der Waals surface area contributed by atoms with Crippen LogP contribution in [0.1, 0.15) is 35.9 Å². The van der Waals surface area contributed by atoms with Crippen LogP contribution in [0.2, 0.25) is 0 Å². The fraction of sp³-hybridized carbons (Fsp3) is 0.733. The molecule has 1 fully saturated rings. The number of hydrogen-bond donors (Lipinski definition) is 1. The van der Waals surface area contributed by atoms with Gasteiger partial charge in [0, 0.05) is 19.5 Å². The van der Waals surface area contributed by atoms with Gasteiger partial charge in [-0.15, -0.1) is 11.3 Å². The topological polar surface area (TPSA) is 45.2 Å². The Kier molecular flexibility index (Phi) is 5.19. The summed E-state index contributed by atoms with van der Waals surface area (Å²) in [6.07, 6.45) is 4.79. The lowest BCUT2D eigenvalue weighted by atomic mass is 10.0. The molecule has 2 aliphatic rings. The van der Waals surface area contributed by atoms with Crippen LogP contribution in [-0.2, 0) is 11.2 Å². The summed E-state index contributed by atoms with van der Waals surface area (Å²) in [5, 5.41) is 3.19. The van der Waals surface area contributed by atoms with Crippen LogP contribution in [0.3, 0.4) is 0 Å². The van der Waals surface area contributed by atoms with Gasteiger partial charge in [0.15, 0.2) is 0 Å². The van der Waals surface area contributed by atoms with Crippen LogP contribution in [0.25, 0.3) is 0 Å². The summed E-state index contributed by atoms with van der Waals surface area (Å²) in [6.45, 7) is 1.73. The van der Waals surface area contributed by atoms with E-state index in [1.165, 1.54) is 30.8 Å². The molecule has 21 heavy (non-hydrogen) atoms. The number of carbonyl (C=O) groups is 1. The van der Waals surface area contributed by atoms with E-state index in [-0.39, 0.29) is 11.9 Å². The first-order chi connectivity index (χ1) is 10.3. The third-order valence-corrected chi connectivity index (χ3v) is 6.60. The van der Waals surface area contributed by atoms with Crippen LogP contribution in [0.15, 0.2) is 5.51 Å². The molecule has 3 heterocycles. The van der Waals surface area contributed by atoms with Crippen molar-refractivity contribution in [3.8, 4) is 0 Å². The highest BCUT2D eigenvalue weighted by atomic mass is 32.2. The summed E-state index contributed by atoms with van der Waals surface area (Å²) in [7, 11) is 1.87. The van der Waals surface area contributed by atoms with Crippen molar-refractivity contribution >= 4 is 29.0 Å². The van der Waals surface area contributed by atoms with Crippen LogP contribution in [0.4, 0.5) is 0 Å². The molecule has 1 N–H and O–H groups in total. The van der Waals surface area contributed by atoms with Gasteiger partial charge in [0.1, 0.15) is 6.04 Å². The van der Waals surface area contributed by atoms with E-state index in [0.717, 1.165) is 30.1 Å². The molecule has 2 aliphatic heterocycles. The maximum atomic E-state index is 12.8. The number of rotatable bonds is 3. The number of carbonyl (C=O) groups excluding carboxylic acids is 1. The number of amides is 1. The van der Waals surface area contributed by atoms with Crippen molar-refractivity contribution in [3.05, 3.63) is 16.1 Å². The minimum Gasteiger partial charge on any atom is -0.340 e.